The van der Waals surface area contributed by atoms with Gasteiger partial charge in [-0.15, -0.1) is 0 Å². The van der Waals surface area contributed by atoms with Crippen molar-refractivity contribution in [1.82, 2.24) is 0 Å². The number of hydrogen-bond acceptors (Lipinski definition) is 4. The fourth-order valence-electron chi connectivity index (χ4n) is 2.60. The lowest BCUT2D eigenvalue weighted by atomic mass is 9.95. The molecule has 1 aromatic rings. The molecule has 0 bridgehead atoms. The maximum atomic E-state index is 12.4. The molecule has 6 heteroatoms. The van der Waals surface area contributed by atoms with Crippen LogP contribution in [0.25, 0.3) is 0 Å². The normalized spacial score (nSPS) is 15.5. The van der Waals surface area contributed by atoms with Crippen molar-refractivity contribution in [2.75, 3.05) is 35.7 Å². The molecule has 0 spiro atoms. The van der Waals surface area contributed by atoms with Crippen LogP contribution < -0.4 is 16.0 Å². The van der Waals surface area contributed by atoms with E-state index < -0.39 is 5.41 Å². The van der Waals surface area contributed by atoms with Crippen molar-refractivity contribution in [3.63, 3.8) is 0 Å². The highest BCUT2D eigenvalue weighted by molar-refractivity contribution is 5.99. The Morgan fingerprint density at radius 1 is 1.12 bits per heavy atom. The second kappa shape index (κ2) is 8.34. The van der Waals surface area contributed by atoms with E-state index in [-0.39, 0.29) is 11.8 Å². The molecular formula is C19H29N3O3. The number of carbonyl (C=O) groups is 2. The van der Waals surface area contributed by atoms with Crippen molar-refractivity contribution in [3.05, 3.63) is 18.2 Å². The fourth-order valence-corrected chi connectivity index (χ4v) is 2.60. The molecular weight excluding hydrogens is 318 g/mol. The summed E-state index contributed by atoms with van der Waals surface area (Å²) < 4.78 is 5.39. The van der Waals surface area contributed by atoms with Crippen LogP contribution in [0.4, 0.5) is 17.1 Å². The molecule has 1 heterocycles. The number of amides is 2. The van der Waals surface area contributed by atoms with Crippen LogP contribution in [0.2, 0.25) is 0 Å². The SMILES string of the molecule is CC(=O)Nc1ccc(NCC2CCOCC2)c(NC(=O)C(C)(C)C)c1. The van der Waals surface area contributed by atoms with Crippen LogP contribution in [-0.2, 0) is 14.3 Å². The van der Waals surface area contributed by atoms with E-state index >= 15 is 0 Å². The third kappa shape index (κ3) is 6.05. The van der Waals surface area contributed by atoms with Gasteiger partial charge in [-0.1, -0.05) is 20.8 Å². The molecule has 0 unspecified atom stereocenters. The molecule has 138 valence electrons. The molecule has 0 radical (unpaired) electrons. The van der Waals surface area contributed by atoms with Crippen molar-refractivity contribution in [2.45, 2.75) is 40.5 Å². The Hall–Kier alpha value is -2.08. The lowest BCUT2D eigenvalue weighted by Crippen LogP contribution is -2.28. The predicted molar refractivity (Wildman–Crippen MR) is 101 cm³/mol. The van der Waals surface area contributed by atoms with E-state index in [1.165, 1.54) is 6.92 Å². The summed E-state index contributed by atoms with van der Waals surface area (Å²) in [4.78, 5) is 23.7. The quantitative estimate of drug-likeness (QED) is 0.762. The number of nitrogens with one attached hydrogen (secondary N) is 3. The average Bonchev–Trinajstić information content (AvgIpc) is 2.53. The molecule has 25 heavy (non-hydrogen) atoms. The molecule has 1 saturated heterocycles. The van der Waals surface area contributed by atoms with Crippen LogP contribution in [0.1, 0.15) is 40.5 Å². The van der Waals surface area contributed by atoms with E-state index in [2.05, 4.69) is 16.0 Å². The zero-order chi connectivity index (χ0) is 18.4. The number of rotatable bonds is 5. The zero-order valence-corrected chi connectivity index (χ0v) is 15.6. The van der Waals surface area contributed by atoms with E-state index in [1.807, 2.05) is 32.9 Å². The number of benzene rings is 1. The first kappa shape index (κ1) is 19.2. The van der Waals surface area contributed by atoms with Gasteiger partial charge in [0.1, 0.15) is 0 Å². The van der Waals surface area contributed by atoms with E-state index in [1.54, 1.807) is 6.07 Å². The molecule has 1 aromatic carbocycles. The van der Waals surface area contributed by atoms with Crippen LogP contribution in [0.5, 0.6) is 0 Å². The van der Waals surface area contributed by atoms with Gasteiger partial charge >= 0.3 is 0 Å². The monoisotopic (exact) mass is 347 g/mol. The third-order valence-electron chi connectivity index (χ3n) is 4.19. The molecule has 1 fully saturated rings. The lowest BCUT2D eigenvalue weighted by molar-refractivity contribution is -0.123. The number of anilines is 3. The first-order valence-electron chi connectivity index (χ1n) is 8.80. The first-order valence-corrected chi connectivity index (χ1v) is 8.80. The Labute approximate surface area is 149 Å². The summed E-state index contributed by atoms with van der Waals surface area (Å²) in [5.74, 6) is 0.354. The first-order chi connectivity index (χ1) is 11.8. The highest BCUT2D eigenvalue weighted by Gasteiger charge is 2.22. The van der Waals surface area contributed by atoms with E-state index in [0.717, 1.165) is 38.3 Å². The van der Waals surface area contributed by atoms with Crippen molar-refractivity contribution in [2.24, 2.45) is 11.3 Å². The van der Waals surface area contributed by atoms with Crippen molar-refractivity contribution in [1.29, 1.82) is 0 Å². The van der Waals surface area contributed by atoms with Crippen LogP contribution in [0.3, 0.4) is 0 Å². The average molecular weight is 347 g/mol. The zero-order valence-electron chi connectivity index (χ0n) is 15.6. The van der Waals surface area contributed by atoms with Gasteiger partial charge in [0.05, 0.1) is 11.4 Å². The molecule has 3 N–H and O–H groups in total. The van der Waals surface area contributed by atoms with Crippen molar-refractivity contribution < 1.29 is 14.3 Å². The smallest absolute Gasteiger partial charge is 0.229 e. The number of ether oxygens (including phenoxy) is 1. The van der Waals surface area contributed by atoms with Gasteiger partial charge in [-0.25, -0.2) is 0 Å². The van der Waals surface area contributed by atoms with Gasteiger partial charge in [0.2, 0.25) is 11.8 Å². The van der Waals surface area contributed by atoms with Crippen molar-refractivity contribution >= 4 is 28.9 Å². The largest absolute Gasteiger partial charge is 0.383 e. The van der Waals surface area contributed by atoms with Crippen LogP contribution in [0.15, 0.2) is 18.2 Å². The van der Waals surface area contributed by atoms with Gasteiger partial charge in [0.25, 0.3) is 0 Å². The Morgan fingerprint density at radius 2 is 1.80 bits per heavy atom. The Kier molecular flexibility index (Phi) is 6.42. The van der Waals surface area contributed by atoms with E-state index in [0.29, 0.717) is 17.3 Å². The lowest BCUT2D eigenvalue weighted by Gasteiger charge is -2.24. The summed E-state index contributed by atoms with van der Waals surface area (Å²) >= 11 is 0. The molecule has 0 atom stereocenters. The van der Waals surface area contributed by atoms with E-state index in [9.17, 15) is 9.59 Å². The van der Waals surface area contributed by atoms with Crippen molar-refractivity contribution in [3.8, 4) is 0 Å². The molecule has 0 aromatic heterocycles. The summed E-state index contributed by atoms with van der Waals surface area (Å²) in [5, 5.41) is 9.17. The maximum absolute atomic E-state index is 12.4. The molecule has 1 aliphatic heterocycles. The van der Waals surface area contributed by atoms with Gasteiger partial charge in [-0.2, -0.15) is 0 Å². The predicted octanol–water partition coefficient (Wildman–Crippen LogP) is 3.47. The Bertz CT molecular complexity index is 617. The van der Waals surface area contributed by atoms with Gasteiger partial charge in [0.15, 0.2) is 0 Å². The van der Waals surface area contributed by atoms with Gasteiger partial charge in [0, 0.05) is 37.8 Å². The molecule has 2 amide bonds. The minimum absolute atomic E-state index is 0.0680. The minimum atomic E-state index is -0.498. The third-order valence-corrected chi connectivity index (χ3v) is 4.19. The maximum Gasteiger partial charge on any atom is 0.229 e. The summed E-state index contributed by atoms with van der Waals surface area (Å²) in [6.45, 7) is 9.52. The molecule has 0 saturated carbocycles. The Morgan fingerprint density at radius 3 is 2.40 bits per heavy atom. The molecule has 0 aliphatic carbocycles. The second-order valence-electron chi connectivity index (χ2n) is 7.58. The van der Waals surface area contributed by atoms with Crippen LogP contribution in [0, 0.1) is 11.3 Å². The summed E-state index contributed by atoms with van der Waals surface area (Å²) in [6, 6.07) is 5.51. The molecule has 6 nitrogen and oxygen atoms in total. The van der Waals surface area contributed by atoms with Crippen LogP contribution >= 0.6 is 0 Å². The standard InChI is InChI=1S/C19H29N3O3/c1-13(23)21-15-5-6-16(20-12-14-7-9-25-10-8-14)17(11-15)22-18(24)19(2,3)4/h5-6,11,14,20H,7-10,12H2,1-4H3,(H,21,23)(H,22,24). The summed E-state index contributed by atoms with van der Waals surface area (Å²) in [5.41, 5.74) is 1.70. The summed E-state index contributed by atoms with van der Waals surface area (Å²) in [6.07, 6.45) is 2.08. The van der Waals surface area contributed by atoms with E-state index in [4.69, 9.17) is 4.74 Å². The highest BCUT2D eigenvalue weighted by atomic mass is 16.5. The fraction of sp³-hybridized carbons (Fsp3) is 0.579. The molecule has 2 rings (SSSR count). The molecule has 1 aliphatic rings. The minimum Gasteiger partial charge on any atom is -0.383 e. The van der Waals surface area contributed by atoms with Gasteiger partial charge < -0.3 is 20.7 Å². The number of carbonyl (C=O) groups excluding carboxylic acids is 2. The topological polar surface area (TPSA) is 79.5 Å². The second-order valence-corrected chi connectivity index (χ2v) is 7.58. The van der Waals surface area contributed by atoms with Gasteiger partial charge in [-0.3, -0.25) is 9.59 Å². The van der Waals surface area contributed by atoms with Crippen LogP contribution in [-0.4, -0.2) is 31.6 Å². The Balaban J connectivity index is 2.14. The van der Waals surface area contributed by atoms with Gasteiger partial charge in [-0.05, 0) is 37.0 Å². The highest BCUT2D eigenvalue weighted by Crippen LogP contribution is 2.29. The summed E-state index contributed by atoms with van der Waals surface area (Å²) in [7, 11) is 0. The number of hydrogen-bond donors (Lipinski definition) is 3.